The fourth-order valence-electron chi connectivity index (χ4n) is 0.745. The molecular weight excluding hydrogens is 156 g/mol. The number of hydrogen-bond donors (Lipinski definition) is 0. The summed E-state index contributed by atoms with van der Waals surface area (Å²) < 4.78 is 4.99. The number of Topliss-reactive ketones (excluding diaryl/α,β-unsaturated/α-hetero) is 1. The van der Waals surface area contributed by atoms with E-state index in [0.717, 1.165) is 12.5 Å². The van der Waals surface area contributed by atoms with E-state index in [-0.39, 0.29) is 15.5 Å². The normalized spacial score (nSPS) is 10.7. The van der Waals surface area contributed by atoms with E-state index in [0.29, 0.717) is 12.0 Å². The molecule has 0 N–H and O–H groups in total. The lowest BCUT2D eigenvalue weighted by Gasteiger charge is -1.98. The predicted molar refractivity (Wildman–Crippen MR) is 49.4 cm³/mol. The average molecular weight is 172 g/mol. The summed E-state index contributed by atoms with van der Waals surface area (Å²) in [5, 5.41) is 0. The lowest BCUT2D eigenvalue weighted by atomic mass is 10.1. The quantitative estimate of drug-likeness (QED) is 0.340. The molecule has 0 aromatic rings. The monoisotopic (exact) mass is 172 g/mol. The predicted octanol–water partition coefficient (Wildman–Crippen LogP) is 1.06. The molecule has 0 fully saturated rings. The number of rotatable bonds is 6. The summed E-state index contributed by atoms with van der Waals surface area (Å²) in [7, 11) is 1.40. The van der Waals surface area contributed by atoms with Gasteiger partial charge in [-0.25, -0.2) is 0 Å². The highest BCUT2D eigenvalue weighted by Crippen LogP contribution is 2.01. The smallest absolute Gasteiger partial charge is 0.161 e. The van der Waals surface area contributed by atoms with Gasteiger partial charge < -0.3 is 4.43 Å². The van der Waals surface area contributed by atoms with Gasteiger partial charge >= 0.3 is 0 Å². The van der Waals surface area contributed by atoms with Gasteiger partial charge in [-0.1, -0.05) is 6.58 Å². The van der Waals surface area contributed by atoms with Crippen LogP contribution in [0.4, 0.5) is 0 Å². The van der Waals surface area contributed by atoms with Gasteiger partial charge in [-0.15, -0.1) is 0 Å². The minimum absolute atomic E-state index is 0.190. The number of allylic oxidation sites excluding steroid dienone is 1. The third-order valence-corrected chi connectivity index (χ3v) is 2.68. The van der Waals surface area contributed by atoms with Crippen molar-refractivity contribution in [3.8, 4) is 0 Å². The van der Waals surface area contributed by atoms with Crippen molar-refractivity contribution in [1.29, 1.82) is 0 Å². The number of carbonyl (C=O) groups excluding carboxylic acids is 1. The van der Waals surface area contributed by atoms with Crippen LogP contribution in [0, 0.1) is 0 Å². The molecule has 64 valence electrons. The molecule has 0 aromatic carbocycles. The summed E-state index contributed by atoms with van der Waals surface area (Å²) in [5.41, 5.74) is 0.670. The summed E-state index contributed by atoms with van der Waals surface area (Å²) in [6, 6.07) is 1.09. The Morgan fingerprint density at radius 1 is 1.64 bits per heavy atom. The van der Waals surface area contributed by atoms with Crippen LogP contribution in [0.15, 0.2) is 12.2 Å². The van der Waals surface area contributed by atoms with Gasteiger partial charge in [0.25, 0.3) is 0 Å². The molecule has 0 aromatic heterocycles. The lowest BCUT2D eigenvalue weighted by Crippen LogP contribution is -2.00. The molecular formula is C8H16O2Si. The van der Waals surface area contributed by atoms with Crippen molar-refractivity contribution in [2.75, 3.05) is 7.11 Å². The van der Waals surface area contributed by atoms with Crippen molar-refractivity contribution in [3.63, 3.8) is 0 Å². The van der Waals surface area contributed by atoms with E-state index in [1.165, 1.54) is 0 Å². The maximum absolute atomic E-state index is 11.0. The van der Waals surface area contributed by atoms with Crippen molar-refractivity contribution in [1.82, 2.24) is 0 Å². The van der Waals surface area contributed by atoms with Crippen LogP contribution in [-0.4, -0.2) is 22.7 Å². The third kappa shape index (κ3) is 6.00. The summed E-state index contributed by atoms with van der Waals surface area (Å²) in [6.45, 7) is 5.34. The first-order valence-electron chi connectivity index (χ1n) is 3.86. The van der Waals surface area contributed by atoms with Gasteiger partial charge in [-0.2, -0.15) is 0 Å². The first-order valence-corrected chi connectivity index (χ1v) is 5.44. The van der Waals surface area contributed by atoms with Crippen molar-refractivity contribution >= 4 is 15.5 Å². The van der Waals surface area contributed by atoms with Crippen molar-refractivity contribution in [2.24, 2.45) is 0 Å². The fraction of sp³-hybridized carbons (Fsp3) is 0.625. The van der Waals surface area contributed by atoms with Crippen LogP contribution in [0.3, 0.4) is 0 Å². The Morgan fingerprint density at radius 2 is 2.27 bits per heavy atom. The van der Waals surface area contributed by atoms with Crippen molar-refractivity contribution in [2.45, 2.75) is 25.8 Å². The van der Waals surface area contributed by atoms with Gasteiger partial charge in [0.2, 0.25) is 0 Å². The standard InChI is InChI=1S/C8H16O2Si/c1-7(2)8(9)5-4-6-11-10-3/h1,4-6,11H2,2-3H3. The molecule has 2 nitrogen and oxygen atoms in total. The molecule has 0 radical (unpaired) electrons. The Morgan fingerprint density at radius 3 is 2.73 bits per heavy atom. The van der Waals surface area contributed by atoms with Crippen LogP contribution >= 0.6 is 0 Å². The molecule has 0 rings (SSSR count). The van der Waals surface area contributed by atoms with Crippen LogP contribution < -0.4 is 0 Å². The highest BCUT2D eigenvalue weighted by Gasteiger charge is 2.00. The lowest BCUT2D eigenvalue weighted by molar-refractivity contribution is -0.115. The van der Waals surface area contributed by atoms with Gasteiger partial charge in [0.05, 0.1) is 0 Å². The topological polar surface area (TPSA) is 26.3 Å². The highest BCUT2D eigenvalue weighted by molar-refractivity contribution is 6.26. The molecule has 0 amide bonds. The Balaban J connectivity index is 3.25. The second-order valence-corrected chi connectivity index (χ2v) is 4.35. The second kappa shape index (κ2) is 6.31. The van der Waals surface area contributed by atoms with E-state index >= 15 is 0 Å². The second-order valence-electron chi connectivity index (χ2n) is 2.65. The number of hydrogen-bond acceptors (Lipinski definition) is 2. The van der Waals surface area contributed by atoms with E-state index in [1.54, 1.807) is 14.0 Å². The molecule has 11 heavy (non-hydrogen) atoms. The van der Waals surface area contributed by atoms with Gasteiger partial charge in [0.1, 0.15) is 0 Å². The highest BCUT2D eigenvalue weighted by atomic mass is 28.2. The molecule has 0 heterocycles. The SMILES string of the molecule is C=C(C)C(=O)CCC[SiH2]OC. The Hall–Kier alpha value is -0.413. The molecule has 0 bridgehead atoms. The number of ketones is 1. The Kier molecular flexibility index (Phi) is 6.07. The minimum atomic E-state index is -0.328. The van der Waals surface area contributed by atoms with Crippen LogP contribution in [0.25, 0.3) is 0 Å². The first kappa shape index (κ1) is 10.6. The summed E-state index contributed by atoms with van der Waals surface area (Å²) in [5.74, 6) is 0.190. The first-order chi connectivity index (χ1) is 5.18. The third-order valence-electron chi connectivity index (χ3n) is 1.48. The summed E-state index contributed by atoms with van der Waals surface area (Å²) >= 11 is 0. The molecule has 0 saturated heterocycles. The average Bonchev–Trinajstić information content (AvgIpc) is 1.97. The maximum atomic E-state index is 11.0. The molecule has 0 atom stereocenters. The largest absolute Gasteiger partial charge is 0.427 e. The van der Waals surface area contributed by atoms with Crippen LogP contribution in [0.1, 0.15) is 19.8 Å². The van der Waals surface area contributed by atoms with E-state index < -0.39 is 0 Å². The zero-order valence-electron chi connectivity index (χ0n) is 7.35. The summed E-state index contributed by atoms with van der Waals surface area (Å²) in [4.78, 5) is 11.0. The van der Waals surface area contributed by atoms with Gasteiger partial charge in [0, 0.05) is 13.5 Å². The van der Waals surface area contributed by atoms with Gasteiger partial charge in [-0.3, -0.25) is 4.79 Å². The summed E-state index contributed by atoms with van der Waals surface area (Å²) in [6.07, 6.45) is 1.61. The van der Waals surface area contributed by atoms with Crippen LogP contribution in [-0.2, 0) is 9.22 Å². The molecule has 0 saturated carbocycles. The molecule has 0 aliphatic rings. The zero-order chi connectivity index (χ0) is 8.69. The number of carbonyl (C=O) groups is 1. The van der Waals surface area contributed by atoms with Gasteiger partial charge in [-0.05, 0) is 25.0 Å². The van der Waals surface area contributed by atoms with E-state index in [4.69, 9.17) is 4.43 Å². The minimum Gasteiger partial charge on any atom is -0.427 e. The molecule has 0 unspecified atom stereocenters. The zero-order valence-corrected chi connectivity index (χ0v) is 8.77. The molecule has 0 aliphatic heterocycles. The van der Waals surface area contributed by atoms with Gasteiger partial charge in [0.15, 0.2) is 15.5 Å². The van der Waals surface area contributed by atoms with Crippen molar-refractivity contribution < 1.29 is 9.22 Å². The van der Waals surface area contributed by atoms with E-state index in [2.05, 4.69) is 6.58 Å². The van der Waals surface area contributed by atoms with Crippen molar-refractivity contribution in [3.05, 3.63) is 12.2 Å². The fourth-order valence-corrected chi connectivity index (χ4v) is 1.49. The van der Waals surface area contributed by atoms with E-state index in [9.17, 15) is 4.79 Å². The Labute approximate surface area is 70.6 Å². The van der Waals surface area contributed by atoms with E-state index in [1.807, 2.05) is 0 Å². The van der Waals surface area contributed by atoms with Crippen LogP contribution in [0.5, 0.6) is 0 Å². The molecule has 3 heteroatoms. The molecule has 0 spiro atoms. The van der Waals surface area contributed by atoms with Crippen LogP contribution in [0.2, 0.25) is 6.04 Å². The maximum Gasteiger partial charge on any atom is 0.161 e. The Bertz CT molecular complexity index is 143. The molecule has 0 aliphatic carbocycles.